The molecule has 2 atom stereocenters. The van der Waals surface area contributed by atoms with Crippen molar-refractivity contribution in [1.82, 2.24) is 15.2 Å². The molecule has 15 heteroatoms. The summed E-state index contributed by atoms with van der Waals surface area (Å²) < 4.78 is 47.7. The number of amides is 5. The lowest BCUT2D eigenvalue weighted by molar-refractivity contribution is -0.133. The van der Waals surface area contributed by atoms with E-state index in [-0.39, 0.29) is 27.7 Å². The summed E-state index contributed by atoms with van der Waals surface area (Å²) in [7, 11) is 0. The largest absolute Gasteiger partial charge is 0.443 e. The number of alkyl halides is 2. The summed E-state index contributed by atoms with van der Waals surface area (Å²) in [5, 5.41) is 12.1. The van der Waals surface area contributed by atoms with Crippen LogP contribution in [0, 0.1) is 17.1 Å². The average Bonchev–Trinajstić information content (AvgIpc) is 3.35. The monoisotopic (exact) mass is 682 g/mol. The molecule has 1 N–H and O–H groups in total. The fourth-order valence-electron chi connectivity index (χ4n) is 5.46. The summed E-state index contributed by atoms with van der Waals surface area (Å²) in [6.45, 7) is 4.16. The highest BCUT2D eigenvalue weighted by Crippen LogP contribution is 2.39. The van der Waals surface area contributed by atoms with Crippen molar-refractivity contribution in [2.45, 2.75) is 63.3 Å². The summed E-state index contributed by atoms with van der Waals surface area (Å²) in [5.74, 6) is -5.80. The fourth-order valence-corrected chi connectivity index (χ4v) is 5.70. The maximum Gasteiger partial charge on any atom is 0.418 e. The number of hydrogen-bond donors (Lipinski definition) is 1. The third kappa shape index (κ3) is 7.21. The first-order chi connectivity index (χ1) is 22.6. The Morgan fingerprint density at radius 2 is 1.83 bits per heavy atom. The molecule has 5 rings (SSSR count). The Balaban J connectivity index is 1.65. The van der Waals surface area contributed by atoms with Crippen molar-refractivity contribution in [3.05, 3.63) is 88.8 Å². The lowest BCUT2D eigenvalue weighted by Crippen LogP contribution is -2.56. The minimum atomic E-state index is -2.98. The van der Waals surface area contributed by atoms with Gasteiger partial charge in [0.05, 0.1) is 18.2 Å². The van der Waals surface area contributed by atoms with E-state index in [1.807, 2.05) is 6.07 Å². The molecule has 5 amide bonds. The van der Waals surface area contributed by atoms with Gasteiger partial charge < -0.3 is 10.1 Å². The number of benzene rings is 2. The molecule has 250 valence electrons. The van der Waals surface area contributed by atoms with Crippen LogP contribution in [-0.2, 0) is 14.3 Å². The summed E-state index contributed by atoms with van der Waals surface area (Å²) >= 11 is 6.54. The minimum absolute atomic E-state index is 0.0314. The van der Waals surface area contributed by atoms with Gasteiger partial charge in [-0.05, 0) is 57.2 Å². The van der Waals surface area contributed by atoms with E-state index < -0.39 is 78.8 Å². The molecule has 11 nitrogen and oxygen atoms in total. The van der Waals surface area contributed by atoms with E-state index in [1.165, 1.54) is 42.6 Å². The van der Waals surface area contributed by atoms with Crippen LogP contribution in [0.15, 0.2) is 66.9 Å². The third-order valence-corrected chi connectivity index (χ3v) is 7.94. The van der Waals surface area contributed by atoms with E-state index in [2.05, 4.69) is 10.3 Å². The SMILES string of the molecule is CC(C)(C)OC(=O)N1CC(C(=O)N(c2cccc(F)c2)[C@H](C(=O)NC2CC(F)(F)C2)c2ccccc2Cl)N(c2cc(C#N)ccn2)C1=O. The van der Waals surface area contributed by atoms with E-state index in [4.69, 9.17) is 16.3 Å². The zero-order valence-electron chi connectivity index (χ0n) is 26.0. The quantitative estimate of drug-likeness (QED) is 0.324. The molecule has 2 aromatic carbocycles. The Morgan fingerprint density at radius 3 is 2.46 bits per heavy atom. The first kappa shape index (κ1) is 34.2. The molecule has 0 spiro atoms. The Morgan fingerprint density at radius 1 is 1.12 bits per heavy atom. The molecule has 2 heterocycles. The zero-order chi connectivity index (χ0) is 35.0. The fraction of sp³-hybridized carbons (Fsp3) is 0.333. The number of aromatic nitrogens is 1. The second-order valence-corrected chi connectivity index (χ2v) is 12.8. The van der Waals surface area contributed by atoms with Crippen molar-refractivity contribution >= 4 is 47.0 Å². The second-order valence-electron chi connectivity index (χ2n) is 12.4. The van der Waals surface area contributed by atoms with Crippen LogP contribution < -0.4 is 15.1 Å². The molecule has 2 aliphatic rings. The van der Waals surface area contributed by atoms with E-state index in [9.17, 15) is 37.6 Å². The first-order valence-corrected chi connectivity index (χ1v) is 15.2. The number of anilines is 2. The molecule has 48 heavy (non-hydrogen) atoms. The molecule has 0 radical (unpaired) electrons. The molecule has 1 aliphatic heterocycles. The highest BCUT2D eigenvalue weighted by atomic mass is 35.5. The summed E-state index contributed by atoms with van der Waals surface area (Å²) in [4.78, 5) is 62.7. The van der Waals surface area contributed by atoms with Gasteiger partial charge in [0, 0.05) is 41.4 Å². The van der Waals surface area contributed by atoms with Gasteiger partial charge in [-0.3, -0.25) is 19.4 Å². The van der Waals surface area contributed by atoms with Crippen molar-refractivity contribution in [3.63, 3.8) is 0 Å². The van der Waals surface area contributed by atoms with Crippen LogP contribution in [0.4, 0.5) is 34.3 Å². The van der Waals surface area contributed by atoms with Gasteiger partial charge in [-0.1, -0.05) is 35.9 Å². The summed E-state index contributed by atoms with van der Waals surface area (Å²) in [5.41, 5.74) is -1.00. The number of nitriles is 1. The highest BCUT2D eigenvalue weighted by molar-refractivity contribution is 6.31. The average molecular weight is 683 g/mol. The number of nitrogens with zero attached hydrogens (tertiary/aromatic N) is 5. The number of urea groups is 1. The van der Waals surface area contributed by atoms with Gasteiger partial charge in [0.1, 0.15) is 29.3 Å². The van der Waals surface area contributed by atoms with Crippen LogP contribution in [-0.4, -0.2) is 64.0 Å². The lowest BCUT2D eigenvalue weighted by Gasteiger charge is -2.39. The minimum Gasteiger partial charge on any atom is -0.443 e. The van der Waals surface area contributed by atoms with Gasteiger partial charge in [0.25, 0.3) is 11.8 Å². The van der Waals surface area contributed by atoms with Gasteiger partial charge in [-0.2, -0.15) is 5.26 Å². The Kier molecular flexibility index (Phi) is 9.37. The summed E-state index contributed by atoms with van der Waals surface area (Å²) in [6, 6.07) is 10.1. The van der Waals surface area contributed by atoms with Crippen LogP contribution in [0.3, 0.4) is 0 Å². The molecular formula is C33H30ClF3N6O5. The number of carbonyl (C=O) groups excluding carboxylic acids is 4. The molecule has 1 unspecified atom stereocenters. The van der Waals surface area contributed by atoms with E-state index in [0.29, 0.717) is 4.90 Å². The number of pyridine rings is 1. The Labute approximate surface area is 278 Å². The molecule has 1 saturated heterocycles. The van der Waals surface area contributed by atoms with Gasteiger partial charge in [0.15, 0.2) is 0 Å². The van der Waals surface area contributed by atoms with Crippen molar-refractivity contribution in [2.75, 3.05) is 16.3 Å². The maximum absolute atomic E-state index is 14.9. The van der Waals surface area contributed by atoms with Gasteiger partial charge in [-0.15, -0.1) is 0 Å². The normalized spacial score (nSPS) is 18.0. The number of rotatable bonds is 7. The van der Waals surface area contributed by atoms with Gasteiger partial charge in [-0.25, -0.2) is 32.6 Å². The van der Waals surface area contributed by atoms with Crippen LogP contribution in [0.1, 0.15) is 50.8 Å². The standard InChI is InChI=1S/C33H30ClF3N6O5/c1-32(2,3)48-31(47)41-18-25(43(30(41)46)26-13-19(17-38)11-12-39-26)29(45)42(22-8-6-7-20(35)14-22)27(23-9-4-5-10-24(23)34)28(44)40-21-15-33(36,37)16-21/h4-14,21,25,27H,15-16,18H2,1-3H3,(H,40,44)/t25?,27-/m0/s1. The van der Waals surface area contributed by atoms with Crippen molar-refractivity contribution < 1.29 is 37.1 Å². The topological polar surface area (TPSA) is 136 Å². The molecule has 1 aromatic heterocycles. The molecular weight excluding hydrogens is 653 g/mol. The zero-order valence-corrected chi connectivity index (χ0v) is 26.7. The molecule has 0 bridgehead atoms. The Bertz CT molecular complexity index is 1800. The first-order valence-electron chi connectivity index (χ1n) is 14.8. The lowest BCUT2D eigenvalue weighted by atomic mass is 9.87. The number of ether oxygens (including phenoxy) is 1. The maximum atomic E-state index is 14.9. The molecule has 1 saturated carbocycles. The Hall–Kier alpha value is -5.16. The molecule has 1 aliphatic carbocycles. The van der Waals surface area contributed by atoms with Crippen molar-refractivity contribution in [1.29, 1.82) is 5.26 Å². The molecule has 3 aromatic rings. The van der Waals surface area contributed by atoms with E-state index >= 15 is 0 Å². The summed E-state index contributed by atoms with van der Waals surface area (Å²) in [6.07, 6.45) is -1.10. The number of carbonyl (C=O) groups is 4. The second kappa shape index (κ2) is 13.2. The third-order valence-electron chi connectivity index (χ3n) is 7.59. The predicted octanol–water partition coefficient (Wildman–Crippen LogP) is 5.98. The predicted molar refractivity (Wildman–Crippen MR) is 168 cm³/mol. The van der Waals surface area contributed by atoms with E-state index in [0.717, 1.165) is 21.9 Å². The number of imide groups is 1. The van der Waals surface area contributed by atoms with Crippen molar-refractivity contribution in [3.8, 4) is 6.07 Å². The van der Waals surface area contributed by atoms with Crippen LogP contribution in [0.25, 0.3) is 0 Å². The van der Waals surface area contributed by atoms with Gasteiger partial charge >= 0.3 is 12.1 Å². The number of halogens is 4. The van der Waals surface area contributed by atoms with Crippen molar-refractivity contribution in [2.24, 2.45) is 0 Å². The highest BCUT2D eigenvalue weighted by Gasteiger charge is 2.51. The van der Waals surface area contributed by atoms with Gasteiger partial charge in [0.2, 0.25) is 5.91 Å². The van der Waals surface area contributed by atoms with Crippen LogP contribution in [0.5, 0.6) is 0 Å². The van der Waals surface area contributed by atoms with Crippen LogP contribution >= 0.6 is 11.6 Å². The van der Waals surface area contributed by atoms with E-state index in [1.54, 1.807) is 32.9 Å². The van der Waals surface area contributed by atoms with Crippen LogP contribution in [0.2, 0.25) is 5.02 Å². The molecule has 2 fully saturated rings. The number of nitrogens with one attached hydrogen (secondary N) is 1. The smallest absolute Gasteiger partial charge is 0.418 e. The number of hydrogen-bond acceptors (Lipinski definition) is 7.